The van der Waals surface area contributed by atoms with Crippen LogP contribution in [0.25, 0.3) is 0 Å². The summed E-state index contributed by atoms with van der Waals surface area (Å²) < 4.78 is 0. The minimum atomic E-state index is 0.764. The molecule has 0 spiro atoms. The second-order valence-electron chi connectivity index (χ2n) is 3.59. The molecule has 0 fully saturated rings. The summed E-state index contributed by atoms with van der Waals surface area (Å²) in [5.41, 5.74) is 2.38. The van der Waals surface area contributed by atoms with E-state index in [1.54, 1.807) is 0 Å². The van der Waals surface area contributed by atoms with Crippen molar-refractivity contribution in [3.8, 4) is 0 Å². The zero-order valence-electron chi connectivity index (χ0n) is 8.66. The lowest BCUT2D eigenvalue weighted by Crippen LogP contribution is -1.88. The fraction of sp³-hybridized carbons (Fsp3) is 0.0714. The van der Waals surface area contributed by atoms with E-state index in [1.807, 2.05) is 42.5 Å². The van der Waals surface area contributed by atoms with Crippen LogP contribution in [0.2, 0.25) is 10.0 Å². The largest absolute Gasteiger partial charge is 0.0843 e. The highest BCUT2D eigenvalue weighted by Crippen LogP contribution is 2.15. The number of benzene rings is 2. The van der Waals surface area contributed by atoms with Crippen molar-refractivity contribution in [1.82, 2.24) is 0 Å². The van der Waals surface area contributed by atoms with Crippen molar-refractivity contribution >= 4 is 23.2 Å². The maximum atomic E-state index is 5.92. The van der Waals surface area contributed by atoms with Gasteiger partial charge in [0.1, 0.15) is 0 Å². The van der Waals surface area contributed by atoms with Crippen LogP contribution in [0.1, 0.15) is 11.1 Å². The molecule has 16 heavy (non-hydrogen) atoms. The zero-order chi connectivity index (χ0) is 11.4. The van der Waals surface area contributed by atoms with Gasteiger partial charge in [0.2, 0.25) is 0 Å². The first kappa shape index (κ1) is 11.5. The van der Waals surface area contributed by atoms with Crippen LogP contribution in [0.15, 0.2) is 48.5 Å². The highest BCUT2D eigenvalue weighted by atomic mass is 35.5. The molecule has 0 atom stereocenters. The molecule has 0 aromatic heterocycles. The Bertz CT molecular complexity index is 460. The van der Waals surface area contributed by atoms with Crippen LogP contribution >= 0.6 is 23.2 Å². The van der Waals surface area contributed by atoms with Gasteiger partial charge in [-0.2, -0.15) is 0 Å². The van der Waals surface area contributed by atoms with Gasteiger partial charge in [0, 0.05) is 10.0 Å². The van der Waals surface area contributed by atoms with Gasteiger partial charge in [-0.3, -0.25) is 0 Å². The van der Waals surface area contributed by atoms with Gasteiger partial charge in [0.25, 0.3) is 0 Å². The van der Waals surface area contributed by atoms with E-state index in [4.69, 9.17) is 23.2 Å². The summed E-state index contributed by atoms with van der Waals surface area (Å²) in [5.74, 6) is 0. The van der Waals surface area contributed by atoms with Gasteiger partial charge in [0.15, 0.2) is 0 Å². The highest BCUT2D eigenvalue weighted by Gasteiger charge is 1.97. The van der Waals surface area contributed by atoms with E-state index in [0.717, 1.165) is 16.5 Å². The predicted molar refractivity (Wildman–Crippen MR) is 70.0 cm³/mol. The van der Waals surface area contributed by atoms with Crippen molar-refractivity contribution in [2.75, 3.05) is 0 Å². The highest BCUT2D eigenvalue weighted by molar-refractivity contribution is 6.30. The fourth-order valence-electron chi connectivity index (χ4n) is 1.50. The lowest BCUT2D eigenvalue weighted by atomic mass is 10.0. The van der Waals surface area contributed by atoms with Crippen molar-refractivity contribution in [2.45, 2.75) is 6.42 Å². The van der Waals surface area contributed by atoms with Crippen molar-refractivity contribution in [2.24, 2.45) is 0 Å². The topological polar surface area (TPSA) is 0 Å². The minimum absolute atomic E-state index is 0.764. The first-order valence-corrected chi connectivity index (χ1v) is 5.83. The second-order valence-corrected chi connectivity index (χ2v) is 4.46. The summed E-state index contributed by atoms with van der Waals surface area (Å²) in [5, 5.41) is 1.54. The van der Waals surface area contributed by atoms with Crippen LogP contribution in [0.5, 0.6) is 0 Å². The molecule has 0 heterocycles. The smallest absolute Gasteiger partial charge is 0.0408 e. The fourth-order valence-corrected chi connectivity index (χ4v) is 1.84. The molecule has 1 radical (unpaired) electrons. The lowest BCUT2D eigenvalue weighted by Gasteiger charge is -2.02. The van der Waals surface area contributed by atoms with Gasteiger partial charge in [-0.1, -0.05) is 47.5 Å². The number of hydrogen-bond acceptors (Lipinski definition) is 0. The van der Waals surface area contributed by atoms with Crippen molar-refractivity contribution < 1.29 is 0 Å². The third-order valence-electron chi connectivity index (χ3n) is 2.33. The Labute approximate surface area is 106 Å². The zero-order valence-corrected chi connectivity index (χ0v) is 10.2. The van der Waals surface area contributed by atoms with E-state index in [-0.39, 0.29) is 0 Å². The van der Waals surface area contributed by atoms with Gasteiger partial charge in [-0.05, 0) is 48.2 Å². The second kappa shape index (κ2) is 5.38. The average molecular weight is 250 g/mol. The SMILES string of the molecule is Clc1ccc([CH]Cc2cccc(Cl)c2)cc1. The molecule has 2 aromatic rings. The van der Waals surface area contributed by atoms with Crippen LogP contribution in [-0.2, 0) is 6.42 Å². The van der Waals surface area contributed by atoms with Crippen molar-refractivity contribution in [3.05, 3.63) is 76.1 Å². The Balaban J connectivity index is 1.99. The van der Waals surface area contributed by atoms with Gasteiger partial charge in [0.05, 0.1) is 0 Å². The molecule has 2 aromatic carbocycles. The summed E-state index contributed by atoms with van der Waals surface area (Å²) in [6.45, 7) is 0. The molecular weight excluding hydrogens is 239 g/mol. The Morgan fingerprint density at radius 1 is 0.875 bits per heavy atom. The number of hydrogen-bond donors (Lipinski definition) is 0. The maximum absolute atomic E-state index is 5.92. The molecule has 0 saturated heterocycles. The van der Waals surface area contributed by atoms with Gasteiger partial charge in [-0.15, -0.1) is 0 Å². The monoisotopic (exact) mass is 249 g/mol. The van der Waals surface area contributed by atoms with Crippen LogP contribution in [0.4, 0.5) is 0 Å². The van der Waals surface area contributed by atoms with Gasteiger partial charge < -0.3 is 0 Å². The average Bonchev–Trinajstić information content (AvgIpc) is 2.28. The van der Waals surface area contributed by atoms with Crippen LogP contribution in [0.3, 0.4) is 0 Å². The predicted octanol–water partition coefficient (Wildman–Crippen LogP) is 4.79. The van der Waals surface area contributed by atoms with E-state index in [1.165, 1.54) is 11.1 Å². The number of rotatable bonds is 3. The molecule has 0 amide bonds. The molecule has 0 bridgehead atoms. The molecule has 0 saturated carbocycles. The maximum Gasteiger partial charge on any atom is 0.0408 e. The van der Waals surface area contributed by atoms with E-state index >= 15 is 0 Å². The summed E-state index contributed by atoms with van der Waals surface area (Å²) in [7, 11) is 0. The minimum Gasteiger partial charge on any atom is -0.0843 e. The quantitative estimate of drug-likeness (QED) is 0.734. The lowest BCUT2D eigenvalue weighted by molar-refractivity contribution is 1.17. The van der Waals surface area contributed by atoms with Crippen molar-refractivity contribution in [1.29, 1.82) is 0 Å². The molecule has 81 valence electrons. The van der Waals surface area contributed by atoms with Crippen molar-refractivity contribution in [3.63, 3.8) is 0 Å². The Morgan fingerprint density at radius 3 is 2.31 bits per heavy atom. The Kier molecular flexibility index (Phi) is 3.87. The summed E-state index contributed by atoms with van der Waals surface area (Å²) in [4.78, 5) is 0. The summed E-state index contributed by atoms with van der Waals surface area (Å²) >= 11 is 11.7. The Hall–Kier alpha value is -0.980. The molecule has 0 unspecified atom stereocenters. The third-order valence-corrected chi connectivity index (χ3v) is 2.82. The van der Waals surface area contributed by atoms with Gasteiger partial charge >= 0.3 is 0 Å². The standard InChI is InChI=1S/C14H11Cl2/c15-13-8-6-11(7-9-13)4-5-12-2-1-3-14(16)10-12/h1-4,6-10H,5H2. The number of halogens is 2. The van der Waals surface area contributed by atoms with Crippen LogP contribution in [-0.4, -0.2) is 0 Å². The Morgan fingerprint density at radius 2 is 1.62 bits per heavy atom. The molecule has 2 rings (SSSR count). The molecule has 2 heteroatoms. The van der Waals surface area contributed by atoms with Gasteiger partial charge in [-0.25, -0.2) is 0 Å². The third kappa shape index (κ3) is 3.26. The molecule has 0 aliphatic carbocycles. The van der Waals surface area contributed by atoms with Crippen LogP contribution < -0.4 is 0 Å². The molecule has 0 aliphatic heterocycles. The summed E-state index contributed by atoms with van der Waals surface area (Å²) in [6.07, 6.45) is 3.03. The van der Waals surface area contributed by atoms with Crippen LogP contribution in [0, 0.1) is 6.42 Å². The first-order chi connectivity index (χ1) is 7.74. The normalized spacial score (nSPS) is 10.4. The van der Waals surface area contributed by atoms with E-state index < -0.39 is 0 Å². The molecule has 0 aliphatic rings. The van der Waals surface area contributed by atoms with E-state index in [9.17, 15) is 0 Å². The molecule has 0 N–H and O–H groups in total. The first-order valence-electron chi connectivity index (χ1n) is 5.07. The molecular formula is C14H11Cl2. The molecule has 0 nitrogen and oxygen atoms in total. The summed E-state index contributed by atoms with van der Waals surface area (Å²) in [6, 6.07) is 15.7. The van der Waals surface area contributed by atoms with E-state index in [0.29, 0.717) is 0 Å². The van der Waals surface area contributed by atoms with E-state index in [2.05, 4.69) is 12.5 Å².